The van der Waals surface area contributed by atoms with Crippen molar-refractivity contribution < 1.29 is 23.9 Å². The van der Waals surface area contributed by atoms with Gasteiger partial charge in [-0.15, -0.1) is 39.7 Å². The van der Waals surface area contributed by atoms with Crippen molar-refractivity contribution in [3.63, 3.8) is 0 Å². The molecule has 1 saturated carbocycles. The van der Waals surface area contributed by atoms with Gasteiger partial charge in [0.05, 0.1) is 0 Å². The second-order valence-corrected chi connectivity index (χ2v) is 17.4. The summed E-state index contributed by atoms with van der Waals surface area (Å²) in [6.07, 6.45) is 4.31. The number of fused-ring (bicyclic) bond motifs is 3. The molecule has 0 bridgehead atoms. The van der Waals surface area contributed by atoms with Gasteiger partial charge in [-0.1, -0.05) is 76.9 Å². The summed E-state index contributed by atoms with van der Waals surface area (Å²) in [6.45, 7) is 22.9. The largest absolute Gasteiger partial charge is 0.214 e. The molecule has 0 unspecified atom stereocenters. The Kier molecular flexibility index (Phi) is 11.3. The molecule has 0 heterocycles. The minimum Gasteiger partial charge on any atom is -0.214 e. The molecule has 1 fully saturated rings. The van der Waals surface area contributed by atoms with Crippen molar-refractivity contribution >= 4 is 24.8 Å². The molecule has 1 aliphatic rings. The predicted molar refractivity (Wildman–Crippen MR) is 193 cm³/mol. The zero-order valence-corrected chi connectivity index (χ0v) is 32.6. The maximum atomic E-state index is 2.46. The summed E-state index contributed by atoms with van der Waals surface area (Å²) < 4.78 is 1.76. The Morgan fingerprint density at radius 3 is 1.45 bits per heavy atom. The third-order valence-electron chi connectivity index (χ3n) is 9.13. The van der Waals surface area contributed by atoms with E-state index in [0.717, 1.165) is 5.92 Å². The van der Waals surface area contributed by atoms with Gasteiger partial charge in [0.25, 0.3) is 0 Å². The van der Waals surface area contributed by atoms with Crippen LogP contribution in [0.1, 0.15) is 128 Å². The van der Waals surface area contributed by atoms with Crippen molar-refractivity contribution in [1.29, 1.82) is 0 Å². The summed E-state index contributed by atoms with van der Waals surface area (Å²) >= 11 is 1.23. The molecule has 6 rings (SSSR count). The first-order valence-corrected chi connectivity index (χ1v) is 18.5. The van der Waals surface area contributed by atoms with Crippen LogP contribution in [0.2, 0.25) is 0 Å². The van der Waals surface area contributed by atoms with Crippen LogP contribution in [0.5, 0.6) is 0 Å². The maximum Gasteiger partial charge on any atom is -0.172 e. The Morgan fingerprint density at radius 1 is 0.682 bits per heavy atom. The van der Waals surface area contributed by atoms with Crippen LogP contribution in [0, 0.1) is 5.92 Å². The van der Waals surface area contributed by atoms with Gasteiger partial charge in [0.1, 0.15) is 0 Å². The molecule has 0 saturated heterocycles. The molecule has 0 spiro atoms. The Balaban J connectivity index is 0.000000175. The van der Waals surface area contributed by atoms with Crippen LogP contribution in [0.4, 0.5) is 0 Å². The summed E-state index contributed by atoms with van der Waals surface area (Å²) in [5.74, 6) is 2.19. The fourth-order valence-electron chi connectivity index (χ4n) is 5.71. The second kappa shape index (κ2) is 14.4. The van der Waals surface area contributed by atoms with Crippen molar-refractivity contribution in [1.82, 2.24) is 0 Å². The predicted octanol–water partition coefficient (Wildman–Crippen LogP) is 12.5. The first-order chi connectivity index (χ1) is 20.6. The Bertz CT molecular complexity index is 1540. The van der Waals surface area contributed by atoms with E-state index in [1.165, 1.54) is 87.0 Å². The zero-order chi connectivity index (χ0) is 32.2. The molecule has 0 amide bonds. The third-order valence-corrected chi connectivity index (χ3v) is 11.6. The van der Waals surface area contributed by atoms with Gasteiger partial charge in [0.15, 0.2) is 0 Å². The number of hydrogen-bond acceptors (Lipinski definition) is 0. The first-order valence-electron chi connectivity index (χ1n) is 16.7. The topological polar surface area (TPSA) is 0 Å². The van der Waals surface area contributed by atoms with Crippen LogP contribution >= 0.6 is 0 Å². The molecule has 0 atom stereocenters. The maximum absolute atomic E-state index is 2.46. The van der Waals surface area contributed by atoms with E-state index >= 15 is 0 Å². The van der Waals surface area contributed by atoms with E-state index in [1.54, 1.807) is 8.82 Å². The smallest absolute Gasteiger partial charge is 0.172 e. The third kappa shape index (κ3) is 8.66. The minimum atomic E-state index is 0.203. The van der Waals surface area contributed by atoms with Gasteiger partial charge in [-0.3, -0.25) is 0 Å². The van der Waals surface area contributed by atoms with E-state index in [4.69, 9.17) is 0 Å². The Labute approximate surface area is 283 Å². The van der Waals surface area contributed by atoms with Crippen LogP contribution in [-0.2, 0) is 34.7 Å². The number of rotatable bonds is 4. The van der Waals surface area contributed by atoms with Crippen molar-refractivity contribution in [3.8, 4) is 0 Å². The molecule has 5 aromatic rings. The number of hydrogen-bond donors (Lipinski definition) is 0. The average Bonchev–Trinajstić information content (AvgIpc) is 3.62. The van der Waals surface area contributed by atoms with Crippen LogP contribution in [-0.4, -0.2) is 3.26 Å². The molecular weight excluding hydrogens is 695 g/mol. The summed E-state index contributed by atoms with van der Waals surface area (Å²) in [4.78, 5) is 0. The van der Waals surface area contributed by atoms with Crippen LogP contribution in [0.3, 0.4) is 0 Å². The summed E-state index contributed by atoms with van der Waals surface area (Å²) in [5.41, 5.74) is 7.80. The molecular formula is C43H54Hf. The van der Waals surface area contributed by atoms with E-state index in [1.807, 2.05) is 30.3 Å². The van der Waals surface area contributed by atoms with Crippen LogP contribution in [0.15, 0.2) is 91.0 Å². The average molecular weight is 749 g/mol. The molecule has 5 aromatic carbocycles. The fraction of sp³-hybridized carbons (Fsp3) is 0.419. The van der Waals surface area contributed by atoms with E-state index in [2.05, 4.69) is 130 Å². The van der Waals surface area contributed by atoms with Gasteiger partial charge in [-0.05, 0) is 10.8 Å². The van der Waals surface area contributed by atoms with Crippen molar-refractivity contribution in [2.75, 3.05) is 0 Å². The standard InChI is InChI=1S/C21H25.C17H24.C5H5.Hf/c1-20(2,3)16-7-9-18-14(12-16)11-15-13-17(21(4,5)6)8-10-19(15)18;1-12(2)16-9-15(8-14-6-5-7-14)10-17(11-16)13(3)4;1-2-4-5-3-1;/h7-13H,1-6H3;9-14H,5-7H2,1-4H3;1-5H;/q-1;;-1;+2. The molecule has 0 N–H and O–H groups in total. The van der Waals surface area contributed by atoms with Crippen molar-refractivity contribution in [2.24, 2.45) is 5.92 Å². The van der Waals surface area contributed by atoms with E-state index in [0.29, 0.717) is 11.8 Å². The zero-order valence-electron chi connectivity index (χ0n) is 29.0. The monoisotopic (exact) mass is 750 g/mol. The van der Waals surface area contributed by atoms with Crippen LogP contribution < -0.4 is 0 Å². The molecule has 0 radical (unpaired) electrons. The van der Waals surface area contributed by atoms with Crippen molar-refractivity contribution in [3.05, 3.63) is 119 Å². The van der Waals surface area contributed by atoms with Gasteiger partial charge in [0.2, 0.25) is 0 Å². The molecule has 230 valence electrons. The quantitative estimate of drug-likeness (QED) is 0.127. The molecule has 0 nitrogen and oxygen atoms in total. The molecule has 0 aliphatic heterocycles. The molecule has 44 heavy (non-hydrogen) atoms. The first kappa shape index (κ1) is 34.5. The van der Waals surface area contributed by atoms with Gasteiger partial charge in [-0.2, -0.15) is 18.2 Å². The van der Waals surface area contributed by atoms with Crippen LogP contribution in [0.25, 0.3) is 21.5 Å². The van der Waals surface area contributed by atoms with Gasteiger partial charge >= 0.3 is 127 Å². The summed E-state index contributed by atoms with van der Waals surface area (Å²) in [7, 11) is 0. The molecule has 1 aliphatic carbocycles. The Morgan fingerprint density at radius 2 is 1.14 bits per heavy atom. The molecule has 0 aromatic heterocycles. The number of benzene rings is 3. The van der Waals surface area contributed by atoms with Gasteiger partial charge in [-0.25, -0.2) is 12.1 Å². The normalized spacial score (nSPS) is 13.9. The van der Waals surface area contributed by atoms with E-state index < -0.39 is 0 Å². The van der Waals surface area contributed by atoms with E-state index in [-0.39, 0.29) is 10.8 Å². The SMILES string of the molecule is CC(C)(C)c1ccc2c(c1)[cH-]c1cc(C(C)(C)C)ccc12.CC(C)c1cc([C](=[Hf+2])C2CCC2)cc(C(C)C)c1.c1cc[cH-]c1. The van der Waals surface area contributed by atoms with Crippen molar-refractivity contribution in [2.45, 2.75) is 111 Å². The molecule has 1 heteroatoms. The fourth-order valence-corrected chi connectivity index (χ4v) is 7.26. The summed E-state index contributed by atoms with van der Waals surface area (Å²) in [6, 6.07) is 33.5. The van der Waals surface area contributed by atoms with Gasteiger partial charge < -0.3 is 0 Å². The minimum absolute atomic E-state index is 0.203. The van der Waals surface area contributed by atoms with E-state index in [9.17, 15) is 0 Å². The van der Waals surface area contributed by atoms with Gasteiger partial charge in [0, 0.05) is 0 Å². The second-order valence-electron chi connectivity index (χ2n) is 15.4. The summed E-state index contributed by atoms with van der Waals surface area (Å²) in [5, 5.41) is 5.48. The Hall–Kier alpha value is -2.38.